The molecular weight excluding hydrogens is 440 g/mol. The van der Waals surface area contributed by atoms with Crippen LogP contribution >= 0.6 is 22.7 Å². The molecule has 0 amide bonds. The van der Waals surface area contributed by atoms with Crippen molar-refractivity contribution in [3.05, 3.63) is 91.2 Å². The first-order valence-corrected chi connectivity index (χ1v) is 12.3. The van der Waals surface area contributed by atoms with E-state index in [1.165, 1.54) is 23.4 Å². The summed E-state index contributed by atoms with van der Waals surface area (Å²) in [7, 11) is 0. The van der Waals surface area contributed by atoms with Crippen LogP contribution in [0.1, 0.15) is 46.6 Å². The summed E-state index contributed by atoms with van der Waals surface area (Å²) in [6, 6.07) is 15.0. The molecule has 2 heterocycles. The molecule has 2 aromatic carbocycles. The van der Waals surface area contributed by atoms with Gasteiger partial charge in [0, 0.05) is 34.4 Å². The van der Waals surface area contributed by atoms with Gasteiger partial charge in [0.2, 0.25) is 0 Å². The van der Waals surface area contributed by atoms with Crippen molar-refractivity contribution in [3.8, 4) is 11.3 Å². The van der Waals surface area contributed by atoms with E-state index in [2.05, 4.69) is 41.2 Å². The molecule has 1 N–H and O–H groups in total. The van der Waals surface area contributed by atoms with Gasteiger partial charge in [0.1, 0.15) is 0 Å². The van der Waals surface area contributed by atoms with Crippen molar-refractivity contribution in [3.63, 3.8) is 0 Å². The summed E-state index contributed by atoms with van der Waals surface area (Å²) in [4.78, 5) is 20.3. The lowest BCUT2D eigenvalue weighted by atomic mass is 10.0. The first kappa shape index (κ1) is 20.8. The fourth-order valence-corrected chi connectivity index (χ4v) is 5.44. The van der Waals surface area contributed by atoms with Crippen LogP contribution in [-0.4, -0.2) is 14.9 Å². The molecule has 4 aromatic rings. The number of nitrogens with one attached hydrogen (secondary N) is 1. The van der Waals surface area contributed by atoms with Gasteiger partial charge in [0.15, 0.2) is 5.13 Å². The Kier molecular flexibility index (Phi) is 5.71. The summed E-state index contributed by atoms with van der Waals surface area (Å²) >= 11 is 3.30. The third-order valence-corrected chi connectivity index (χ3v) is 7.33. The molecular formula is C24H22N4O2S2. The van der Waals surface area contributed by atoms with E-state index >= 15 is 0 Å². The molecule has 162 valence electrons. The molecule has 1 fully saturated rings. The van der Waals surface area contributed by atoms with Crippen molar-refractivity contribution in [1.29, 1.82) is 0 Å². The second-order valence-electron chi connectivity index (χ2n) is 8.12. The van der Waals surface area contributed by atoms with Crippen LogP contribution in [0, 0.1) is 17.0 Å². The van der Waals surface area contributed by atoms with Crippen molar-refractivity contribution in [1.82, 2.24) is 9.97 Å². The Labute approximate surface area is 194 Å². The van der Waals surface area contributed by atoms with Crippen molar-refractivity contribution in [2.45, 2.75) is 38.1 Å². The van der Waals surface area contributed by atoms with Gasteiger partial charge in [-0.3, -0.25) is 10.1 Å². The van der Waals surface area contributed by atoms with Gasteiger partial charge in [0.05, 0.1) is 27.4 Å². The van der Waals surface area contributed by atoms with E-state index in [1.54, 1.807) is 34.8 Å². The molecule has 1 aliphatic carbocycles. The molecule has 0 bridgehead atoms. The summed E-state index contributed by atoms with van der Waals surface area (Å²) < 4.78 is 0. The maximum atomic E-state index is 11.0. The molecule has 1 saturated carbocycles. The zero-order valence-electron chi connectivity index (χ0n) is 17.5. The Balaban J connectivity index is 1.39. The van der Waals surface area contributed by atoms with Gasteiger partial charge in [-0.25, -0.2) is 9.97 Å². The lowest BCUT2D eigenvalue weighted by molar-refractivity contribution is -0.384. The predicted molar refractivity (Wildman–Crippen MR) is 130 cm³/mol. The van der Waals surface area contributed by atoms with Crippen LogP contribution in [0.15, 0.2) is 59.3 Å². The van der Waals surface area contributed by atoms with Gasteiger partial charge in [-0.1, -0.05) is 35.9 Å². The van der Waals surface area contributed by atoms with Gasteiger partial charge < -0.3 is 5.32 Å². The van der Waals surface area contributed by atoms with Crippen LogP contribution in [0.25, 0.3) is 11.3 Å². The highest BCUT2D eigenvalue weighted by Crippen LogP contribution is 2.42. The minimum absolute atomic E-state index is 0.0586. The molecule has 0 aliphatic heterocycles. The Bertz CT molecular complexity index is 1240. The maximum Gasteiger partial charge on any atom is 0.269 e. The van der Waals surface area contributed by atoms with Crippen molar-refractivity contribution < 1.29 is 4.92 Å². The second kappa shape index (κ2) is 8.80. The fourth-order valence-electron chi connectivity index (χ4n) is 3.62. The molecule has 6 nitrogen and oxygen atoms in total. The zero-order valence-corrected chi connectivity index (χ0v) is 19.2. The van der Waals surface area contributed by atoms with Crippen molar-refractivity contribution >= 4 is 33.5 Å². The summed E-state index contributed by atoms with van der Waals surface area (Å²) in [5.74, 6) is 0.613. The first-order chi connectivity index (χ1) is 15.5. The maximum absolute atomic E-state index is 11.0. The number of non-ortho nitro benzene ring substituents is 1. The molecule has 0 spiro atoms. The Morgan fingerprint density at radius 3 is 2.66 bits per heavy atom. The lowest BCUT2D eigenvalue weighted by Gasteiger charge is -2.16. The third kappa shape index (κ3) is 4.71. The monoisotopic (exact) mass is 462 g/mol. The SMILES string of the molecule is Cc1cccc(-c2csc(N[C@@H](Cc3ccc([N+](=O)[O-])cc3)c3csc(C4CC4)n3)n2)c1. The molecule has 0 unspecified atom stereocenters. The number of benzene rings is 2. The molecule has 5 rings (SSSR count). The van der Waals surface area contributed by atoms with Gasteiger partial charge in [0.25, 0.3) is 5.69 Å². The molecule has 1 atom stereocenters. The standard InChI is InChI=1S/C24H22N4O2S2/c1-15-3-2-4-18(11-15)21-13-32-24(27-21)26-20(22-14-31-23(25-22)17-7-8-17)12-16-5-9-19(10-6-16)28(29)30/h2-6,9-11,13-14,17,20H,7-8,12H2,1H3,(H,26,27)/t20-/m0/s1. The highest BCUT2D eigenvalue weighted by molar-refractivity contribution is 7.14. The van der Waals surface area contributed by atoms with Crippen LogP contribution < -0.4 is 5.32 Å². The summed E-state index contributed by atoms with van der Waals surface area (Å²) in [6.45, 7) is 2.08. The number of rotatable bonds is 8. The summed E-state index contributed by atoms with van der Waals surface area (Å²) in [5, 5.41) is 20.8. The summed E-state index contributed by atoms with van der Waals surface area (Å²) in [6.07, 6.45) is 3.12. The quantitative estimate of drug-likeness (QED) is 0.231. The fraction of sp³-hybridized carbons (Fsp3) is 0.250. The number of nitro benzene ring substituents is 1. The molecule has 0 radical (unpaired) electrons. The largest absolute Gasteiger partial charge is 0.353 e. The Morgan fingerprint density at radius 2 is 1.94 bits per heavy atom. The van der Waals surface area contributed by atoms with E-state index in [9.17, 15) is 10.1 Å². The number of thiazole rings is 2. The minimum Gasteiger partial charge on any atom is -0.353 e. The molecule has 32 heavy (non-hydrogen) atoms. The van der Waals surface area contributed by atoms with Crippen LogP contribution in [0.2, 0.25) is 0 Å². The lowest BCUT2D eigenvalue weighted by Crippen LogP contribution is -2.14. The van der Waals surface area contributed by atoms with Crippen LogP contribution in [-0.2, 0) is 6.42 Å². The van der Waals surface area contributed by atoms with Crippen LogP contribution in [0.3, 0.4) is 0 Å². The molecule has 1 aliphatic rings. The number of hydrogen-bond donors (Lipinski definition) is 1. The predicted octanol–water partition coefficient (Wildman–Crippen LogP) is 6.76. The third-order valence-electron chi connectivity index (χ3n) is 5.53. The Hall–Kier alpha value is -3.10. The van der Waals surface area contributed by atoms with E-state index in [0.29, 0.717) is 12.3 Å². The van der Waals surface area contributed by atoms with E-state index in [4.69, 9.17) is 9.97 Å². The van der Waals surface area contributed by atoms with E-state index in [1.807, 2.05) is 18.2 Å². The highest BCUT2D eigenvalue weighted by Gasteiger charge is 2.28. The van der Waals surface area contributed by atoms with E-state index < -0.39 is 0 Å². The molecule has 8 heteroatoms. The average molecular weight is 463 g/mol. The average Bonchev–Trinajstić information content (AvgIpc) is 3.32. The normalized spacial score (nSPS) is 14.3. The number of nitro groups is 1. The number of aryl methyl sites for hydroxylation is 1. The van der Waals surface area contributed by atoms with Gasteiger partial charge in [-0.15, -0.1) is 22.7 Å². The van der Waals surface area contributed by atoms with Gasteiger partial charge >= 0.3 is 0 Å². The van der Waals surface area contributed by atoms with Gasteiger partial charge in [-0.2, -0.15) is 0 Å². The molecule has 0 saturated heterocycles. The van der Waals surface area contributed by atoms with E-state index in [0.717, 1.165) is 27.6 Å². The number of nitrogens with zero attached hydrogens (tertiary/aromatic N) is 3. The number of aromatic nitrogens is 2. The second-order valence-corrected chi connectivity index (χ2v) is 9.86. The van der Waals surface area contributed by atoms with Crippen molar-refractivity contribution in [2.75, 3.05) is 5.32 Å². The highest BCUT2D eigenvalue weighted by atomic mass is 32.1. The number of anilines is 1. The van der Waals surface area contributed by atoms with Crippen molar-refractivity contribution in [2.24, 2.45) is 0 Å². The van der Waals surface area contributed by atoms with E-state index in [-0.39, 0.29) is 16.7 Å². The number of hydrogen-bond acceptors (Lipinski definition) is 7. The molecule has 2 aromatic heterocycles. The smallest absolute Gasteiger partial charge is 0.269 e. The zero-order chi connectivity index (χ0) is 22.1. The van der Waals surface area contributed by atoms with Gasteiger partial charge in [-0.05, 0) is 37.8 Å². The topological polar surface area (TPSA) is 81.0 Å². The van der Waals surface area contributed by atoms with Crippen LogP contribution in [0.4, 0.5) is 10.8 Å². The van der Waals surface area contributed by atoms with Crippen LogP contribution in [0.5, 0.6) is 0 Å². The summed E-state index contributed by atoms with van der Waals surface area (Å²) in [5.41, 5.74) is 5.38. The Morgan fingerprint density at radius 1 is 1.12 bits per heavy atom. The minimum atomic E-state index is -0.371. The first-order valence-electron chi connectivity index (χ1n) is 10.5.